The first-order valence-electron chi connectivity index (χ1n) is 7.49. The molecule has 0 amide bonds. The Morgan fingerprint density at radius 3 is 3.05 bits per heavy atom. The van der Waals surface area contributed by atoms with Gasteiger partial charge >= 0.3 is 0 Å². The number of nitrogens with one attached hydrogen (secondary N) is 1. The minimum absolute atomic E-state index is 0.147. The van der Waals surface area contributed by atoms with Crippen LogP contribution in [0.1, 0.15) is 48.8 Å². The molecule has 2 aromatic rings. The molecule has 3 rings (SSSR count). The van der Waals surface area contributed by atoms with Crippen molar-refractivity contribution in [2.45, 2.75) is 38.8 Å². The predicted molar refractivity (Wildman–Crippen MR) is 81.2 cm³/mol. The van der Waals surface area contributed by atoms with Crippen molar-refractivity contribution in [3.8, 4) is 5.75 Å². The molecule has 2 atom stereocenters. The van der Waals surface area contributed by atoms with Crippen molar-refractivity contribution in [3.63, 3.8) is 0 Å². The van der Waals surface area contributed by atoms with Gasteiger partial charge in [-0.2, -0.15) is 0 Å². The summed E-state index contributed by atoms with van der Waals surface area (Å²) in [6.07, 6.45) is 3.86. The van der Waals surface area contributed by atoms with E-state index in [1.807, 2.05) is 11.6 Å². The highest BCUT2D eigenvalue weighted by Crippen LogP contribution is 2.35. The lowest BCUT2D eigenvalue weighted by Crippen LogP contribution is -2.26. The Bertz CT molecular complexity index is 622. The van der Waals surface area contributed by atoms with Crippen molar-refractivity contribution in [1.29, 1.82) is 0 Å². The van der Waals surface area contributed by atoms with Gasteiger partial charge in [0, 0.05) is 18.7 Å². The first-order chi connectivity index (χ1) is 10.2. The quantitative estimate of drug-likeness (QED) is 0.942. The van der Waals surface area contributed by atoms with Crippen LogP contribution in [0, 0.1) is 6.92 Å². The lowest BCUT2D eigenvalue weighted by Gasteiger charge is -2.23. The molecule has 1 aromatic carbocycles. The van der Waals surface area contributed by atoms with Crippen molar-refractivity contribution in [1.82, 2.24) is 20.1 Å². The van der Waals surface area contributed by atoms with Crippen LogP contribution in [0.25, 0.3) is 0 Å². The monoisotopic (exact) mass is 286 g/mol. The Labute approximate surface area is 125 Å². The van der Waals surface area contributed by atoms with E-state index in [2.05, 4.69) is 47.6 Å². The van der Waals surface area contributed by atoms with E-state index in [-0.39, 0.29) is 12.1 Å². The molecular weight excluding hydrogens is 264 g/mol. The second-order valence-electron chi connectivity index (χ2n) is 5.72. The largest absolute Gasteiger partial charge is 0.493 e. The van der Waals surface area contributed by atoms with Crippen molar-refractivity contribution in [3.05, 3.63) is 41.5 Å². The summed E-state index contributed by atoms with van der Waals surface area (Å²) in [5.74, 6) is 1.99. The minimum Gasteiger partial charge on any atom is -0.493 e. The number of para-hydroxylation sites is 1. The topological polar surface area (TPSA) is 52.0 Å². The summed E-state index contributed by atoms with van der Waals surface area (Å²) in [7, 11) is 1.97. The molecule has 0 radical (unpaired) electrons. The molecule has 1 aliphatic heterocycles. The third kappa shape index (κ3) is 2.78. The maximum absolute atomic E-state index is 5.93. The summed E-state index contributed by atoms with van der Waals surface area (Å²) in [6.45, 7) is 5.02. The number of benzene rings is 1. The molecule has 0 aliphatic carbocycles. The number of hydrogen-bond donors (Lipinski definition) is 1. The Balaban J connectivity index is 1.86. The molecule has 21 heavy (non-hydrogen) atoms. The highest BCUT2D eigenvalue weighted by Gasteiger charge is 2.23. The fraction of sp³-hybridized carbons (Fsp3) is 0.500. The van der Waals surface area contributed by atoms with Crippen LogP contribution < -0.4 is 10.1 Å². The van der Waals surface area contributed by atoms with E-state index in [1.165, 1.54) is 11.1 Å². The van der Waals surface area contributed by atoms with Crippen molar-refractivity contribution >= 4 is 0 Å². The third-order valence-corrected chi connectivity index (χ3v) is 4.09. The van der Waals surface area contributed by atoms with E-state index in [4.69, 9.17) is 4.74 Å². The zero-order valence-electron chi connectivity index (χ0n) is 12.8. The summed E-state index contributed by atoms with van der Waals surface area (Å²) >= 11 is 0. The van der Waals surface area contributed by atoms with E-state index in [0.29, 0.717) is 0 Å². The first-order valence-corrected chi connectivity index (χ1v) is 7.49. The number of hydrogen-bond acceptors (Lipinski definition) is 4. The van der Waals surface area contributed by atoms with Gasteiger partial charge in [0.25, 0.3) is 0 Å². The number of ether oxygens (including phenoxy) is 1. The highest BCUT2D eigenvalue weighted by atomic mass is 16.5. The first kappa shape index (κ1) is 14.1. The van der Waals surface area contributed by atoms with Gasteiger partial charge in [0.05, 0.1) is 12.6 Å². The van der Waals surface area contributed by atoms with Gasteiger partial charge in [-0.1, -0.05) is 18.2 Å². The lowest BCUT2D eigenvalue weighted by atomic mass is 9.99. The smallest absolute Gasteiger partial charge is 0.149 e. The molecule has 1 N–H and O–H groups in total. The molecule has 2 heterocycles. The Morgan fingerprint density at radius 1 is 1.43 bits per heavy atom. The van der Waals surface area contributed by atoms with Gasteiger partial charge in [0.2, 0.25) is 0 Å². The van der Waals surface area contributed by atoms with Gasteiger partial charge < -0.3 is 14.6 Å². The lowest BCUT2D eigenvalue weighted by molar-refractivity contribution is 0.312. The summed E-state index contributed by atoms with van der Waals surface area (Å²) < 4.78 is 7.89. The maximum atomic E-state index is 5.93. The van der Waals surface area contributed by atoms with Crippen LogP contribution in [0.5, 0.6) is 5.75 Å². The molecule has 5 nitrogen and oxygen atoms in total. The van der Waals surface area contributed by atoms with Crippen molar-refractivity contribution < 1.29 is 4.74 Å². The second-order valence-corrected chi connectivity index (χ2v) is 5.72. The van der Waals surface area contributed by atoms with E-state index in [0.717, 1.165) is 31.0 Å². The zero-order chi connectivity index (χ0) is 14.8. The van der Waals surface area contributed by atoms with Crippen LogP contribution in [0.2, 0.25) is 0 Å². The van der Waals surface area contributed by atoms with Crippen LogP contribution in [0.4, 0.5) is 0 Å². The fourth-order valence-corrected chi connectivity index (χ4v) is 3.00. The number of aromatic nitrogens is 3. The molecule has 2 unspecified atom stereocenters. The summed E-state index contributed by atoms with van der Waals surface area (Å²) in [5.41, 5.74) is 2.45. The summed E-state index contributed by atoms with van der Waals surface area (Å²) in [5, 5.41) is 11.8. The van der Waals surface area contributed by atoms with E-state index in [1.54, 1.807) is 6.33 Å². The van der Waals surface area contributed by atoms with Crippen LogP contribution >= 0.6 is 0 Å². The Morgan fingerprint density at radius 2 is 2.29 bits per heavy atom. The molecule has 112 valence electrons. The van der Waals surface area contributed by atoms with Gasteiger partial charge in [-0.05, 0) is 32.3 Å². The Kier molecular flexibility index (Phi) is 3.92. The predicted octanol–water partition coefficient (Wildman–Crippen LogP) is 2.69. The van der Waals surface area contributed by atoms with Crippen LogP contribution in [0.15, 0.2) is 24.5 Å². The number of nitrogens with zero attached hydrogens (tertiary/aromatic N) is 3. The zero-order valence-corrected chi connectivity index (χ0v) is 12.8. The minimum atomic E-state index is 0.147. The molecule has 1 aliphatic rings. The van der Waals surface area contributed by atoms with Gasteiger partial charge in [0.15, 0.2) is 0 Å². The number of rotatable bonds is 3. The standard InChI is InChI=1S/C16H22N4O/c1-11-6-4-7-13-14(8-5-9-21-15(11)13)18-12(2)16-19-17-10-20(16)3/h4,6-7,10,12,14,18H,5,8-9H2,1-3H3. The third-order valence-electron chi connectivity index (χ3n) is 4.09. The van der Waals surface area contributed by atoms with E-state index in [9.17, 15) is 0 Å². The molecule has 0 saturated heterocycles. The van der Waals surface area contributed by atoms with Gasteiger partial charge in [-0.15, -0.1) is 10.2 Å². The molecule has 0 bridgehead atoms. The van der Waals surface area contributed by atoms with E-state index >= 15 is 0 Å². The normalized spacial score (nSPS) is 19.5. The molecule has 0 spiro atoms. The number of fused-ring (bicyclic) bond motifs is 1. The average molecular weight is 286 g/mol. The molecule has 0 fully saturated rings. The van der Waals surface area contributed by atoms with Gasteiger partial charge in [-0.3, -0.25) is 0 Å². The van der Waals surface area contributed by atoms with Crippen LogP contribution in [0.3, 0.4) is 0 Å². The fourth-order valence-electron chi connectivity index (χ4n) is 3.00. The van der Waals surface area contributed by atoms with Crippen molar-refractivity contribution in [2.75, 3.05) is 6.61 Å². The molecule has 0 saturated carbocycles. The molecule has 1 aromatic heterocycles. The number of aryl methyl sites for hydroxylation is 2. The Hall–Kier alpha value is -1.88. The highest BCUT2D eigenvalue weighted by molar-refractivity contribution is 5.43. The summed E-state index contributed by atoms with van der Waals surface area (Å²) in [6, 6.07) is 6.80. The average Bonchev–Trinajstić information content (AvgIpc) is 2.78. The SMILES string of the molecule is Cc1cccc2c1OCCCC2NC(C)c1nncn1C. The van der Waals surface area contributed by atoms with Gasteiger partial charge in [0.1, 0.15) is 17.9 Å². The van der Waals surface area contributed by atoms with Crippen LogP contribution in [-0.4, -0.2) is 21.4 Å². The van der Waals surface area contributed by atoms with Gasteiger partial charge in [-0.25, -0.2) is 0 Å². The summed E-state index contributed by atoms with van der Waals surface area (Å²) in [4.78, 5) is 0. The van der Waals surface area contributed by atoms with E-state index < -0.39 is 0 Å². The van der Waals surface area contributed by atoms with Crippen LogP contribution in [-0.2, 0) is 7.05 Å². The molecular formula is C16H22N4O. The second kappa shape index (κ2) is 5.85. The maximum Gasteiger partial charge on any atom is 0.149 e. The molecule has 5 heteroatoms. The van der Waals surface area contributed by atoms with Crippen molar-refractivity contribution in [2.24, 2.45) is 7.05 Å².